The Kier molecular flexibility index (Phi) is 4.34. The number of benzene rings is 1. The van der Waals surface area contributed by atoms with E-state index in [1.165, 1.54) is 34.1 Å². The topological polar surface area (TPSA) is 90.2 Å². The zero-order valence-corrected chi connectivity index (χ0v) is 15.1. The van der Waals surface area contributed by atoms with E-state index < -0.39 is 10.0 Å². The molecule has 2 aliphatic rings. The molecule has 1 saturated heterocycles. The van der Waals surface area contributed by atoms with Crippen molar-refractivity contribution in [3.05, 3.63) is 47.2 Å². The van der Waals surface area contributed by atoms with Crippen LogP contribution in [0, 0.1) is 11.3 Å². The molecule has 1 aliphatic carbocycles. The molecule has 1 aromatic heterocycles. The Morgan fingerprint density at radius 1 is 1.00 bits per heavy atom. The molecule has 26 heavy (non-hydrogen) atoms. The third-order valence-corrected chi connectivity index (χ3v) is 6.90. The van der Waals surface area contributed by atoms with Gasteiger partial charge in [0.1, 0.15) is 0 Å². The summed E-state index contributed by atoms with van der Waals surface area (Å²) in [4.78, 5) is 2.32. The smallest absolute Gasteiger partial charge is 0.243 e. The van der Waals surface area contributed by atoms with Gasteiger partial charge in [0, 0.05) is 26.2 Å². The number of sulfonamides is 1. The molecule has 1 aliphatic heterocycles. The van der Waals surface area contributed by atoms with Crippen LogP contribution in [0.3, 0.4) is 0 Å². The molecule has 0 unspecified atom stereocenters. The van der Waals surface area contributed by atoms with Gasteiger partial charge in [-0.3, -0.25) is 0 Å². The summed E-state index contributed by atoms with van der Waals surface area (Å²) >= 11 is 0. The molecule has 4 rings (SSSR count). The lowest BCUT2D eigenvalue weighted by molar-refractivity contribution is 0.383. The van der Waals surface area contributed by atoms with Gasteiger partial charge in [-0.25, -0.2) is 8.42 Å². The summed E-state index contributed by atoms with van der Waals surface area (Å²) in [6.45, 7) is 1.98. The quantitative estimate of drug-likeness (QED) is 0.811. The molecule has 0 spiro atoms. The Balaban J connectivity index is 1.46. The number of aryl methyl sites for hydroxylation is 2. The number of hydrogen-bond acceptors (Lipinski definition) is 6. The Bertz CT molecular complexity index is 958. The molecular weight excluding hydrogens is 350 g/mol. The number of rotatable bonds is 3. The van der Waals surface area contributed by atoms with Gasteiger partial charge in [0.05, 0.1) is 22.2 Å². The van der Waals surface area contributed by atoms with Crippen LogP contribution in [-0.2, 0) is 22.9 Å². The first-order valence-electron chi connectivity index (χ1n) is 8.69. The number of nitriles is 1. The second kappa shape index (κ2) is 6.67. The van der Waals surface area contributed by atoms with Gasteiger partial charge in [-0.05, 0) is 55.2 Å². The van der Waals surface area contributed by atoms with E-state index in [2.05, 4.69) is 21.2 Å². The maximum atomic E-state index is 12.8. The van der Waals surface area contributed by atoms with E-state index in [1.807, 2.05) is 6.07 Å². The fourth-order valence-electron chi connectivity index (χ4n) is 3.48. The van der Waals surface area contributed by atoms with Gasteiger partial charge in [0.15, 0.2) is 5.82 Å². The van der Waals surface area contributed by atoms with Gasteiger partial charge >= 0.3 is 0 Å². The number of anilines is 1. The van der Waals surface area contributed by atoms with Gasteiger partial charge in [-0.15, -0.1) is 5.10 Å². The highest BCUT2D eigenvalue weighted by Gasteiger charge is 2.29. The zero-order chi connectivity index (χ0) is 18.1. The van der Waals surface area contributed by atoms with Crippen LogP contribution in [-0.4, -0.2) is 49.1 Å². The summed E-state index contributed by atoms with van der Waals surface area (Å²) in [5.41, 5.74) is 2.81. The maximum Gasteiger partial charge on any atom is 0.243 e. The van der Waals surface area contributed by atoms with Crippen molar-refractivity contribution in [2.75, 3.05) is 31.1 Å². The second-order valence-corrected chi connectivity index (χ2v) is 8.49. The normalized spacial score (nSPS) is 17.7. The summed E-state index contributed by atoms with van der Waals surface area (Å²) in [7, 11) is -3.54. The van der Waals surface area contributed by atoms with E-state index in [9.17, 15) is 8.42 Å². The summed E-state index contributed by atoms with van der Waals surface area (Å²) in [5, 5.41) is 17.5. The largest absolute Gasteiger partial charge is 0.352 e. The Hall–Kier alpha value is -2.50. The fourth-order valence-corrected chi connectivity index (χ4v) is 4.90. The first-order chi connectivity index (χ1) is 12.6. The highest BCUT2D eigenvalue weighted by Crippen LogP contribution is 2.24. The number of fused-ring (bicyclic) bond motifs is 1. The Morgan fingerprint density at radius 2 is 1.73 bits per heavy atom. The average molecular weight is 369 g/mol. The lowest BCUT2D eigenvalue weighted by Crippen LogP contribution is -2.49. The van der Waals surface area contributed by atoms with Crippen molar-refractivity contribution in [2.24, 2.45) is 0 Å². The third kappa shape index (κ3) is 3.04. The van der Waals surface area contributed by atoms with Gasteiger partial charge < -0.3 is 4.90 Å². The van der Waals surface area contributed by atoms with Crippen LogP contribution < -0.4 is 4.90 Å². The number of piperazine rings is 1. The highest BCUT2D eigenvalue weighted by molar-refractivity contribution is 7.89. The van der Waals surface area contributed by atoms with Crippen LogP contribution in [0.25, 0.3) is 0 Å². The average Bonchev–Trinajstić information content (AvgIpc) is 3.16. The molecule has 2 aromatic rings. The lowest BCUT2D eigenvalue weighted by atomic mass is 10.2. The van der Waals surface area contributed by atoms with E-state index in [4.69, 9.17) is 5.26 Å². The first-order valence-corrected chi connectivity index (χ1v) is 10.1. The molecule has 0 amide bonds. The second-order valence-electron chi connectivity index (χ2n) is 6.56. The predicted octanol–water partition coefficient (Wildman–Crippen LogP) is 1.35. The third-order valence-electron chi connectivity index (χ3n) is 4.99. The highest BCUT2D eigenvalue weighted by atomic mass is 32.2. The lowest BCUT2D eigenvalue weighted by Gasteiger charge is -2.34. The molecule has 0 N–H and O–H groups in total. The summed E-state index contributed by atoms with van der Waals surface area (Å²) in [5.74, 6) is 0.834. The standard InChI is InChI=1S/C18H19N5O2S/c19-13-14-4-6-16(7-5-14)26(24,25)23-10-8-22(9-11-23)18-12-15-2-1-3-17(15)20-21-18/h4-7,12H,1-3,8-11H2. The van der Waals surface area contributed by atoms with Gasteiger partial charge in [0.25, 0.3) is 0 Å². The SMILES string of the molecule is N#Cc1ccc(S(=O)(=O)N2CCN(c3cc4c(nn3)CCC4)CC2)cc1. The Labute approximate surface area is 152 Å². The van der Waals surface area contributed by atoms with Crippen molar-refractivity contribution >= 4 is 15.8 Å². The van der Waals surface area contributed by atoms with Crippen LogP contribution in [0.2, 0.25) is 0 Å². The van der Waals surface area contributed by atoms with E-state index >= 15 is 0 Å². The first kappa shape index (κ1) is 16.9. The van der Waals surface area contributed by atoms with Crippen molar-refractivity contribution in [3.63, 3.8) is 0 Å². The van der Waals surface area contributed by atoms with Gasteiger partial charge in [0.2, 0.25) is 10.0 Å². The van der Waals surface area contributed by atoms with Crippen molar-refractivity contribution in [1.29, 1.82) is 5.26 Å². The molecule has 7 nitrogen and oxygen atoms in total. The molecule has 0 radical (unpaired) electrons. The van der Waals surface area contributed by atoms with Crippen molar-refractivity contribution in [1.82, 2.24) is 14.5 Å². The molecule has 0 atom stereocenters. The van der Waals surface area contributed by atoms with Crippen LogP contribution in [0.4, 0.5) is 5.82 Å². The fraction of sp³-hybridized carbons (Fsp3) is 0.389. The van der Waals surface area contributed by atoms with Crippen LogP contribution in [0.5, 0.6) is 0 Å². The van der Waals surface area contributed by atoms with E-state index in [0.29, 0.717) is 31.7 Å². The van der Waals surface area contributed by atoms with E-state index in [1.54, 1.807) is 0 Å². The zero-order valence-electron chi connectivity index (χ0n) is 14.3. The molecule has 0 saturated carbocycles. The molecule has 8 heteroatoms. The molecule has 1 aromatic carbocycles. The maximum absolute atomic E-state index is 12.8. The summed E-state index contributed by atoms with van der Waals surface area (Å²) < 4.78 is 27.1. The van der Waals surface area contributed by atoms with Crippen LogP contribution in [0.15, 0.2) is 35.2 Å². The molecule has 1 fully saturated rings. The number of nitrogens with zero attached hydrogens (tertiary/aromatic N) is 5. The van der Waals surface area contributed by atoms with Gasteiger partial charge in [-0.1, -0.05) is 0 Å². The predicted molar refractivity (Wildman–Crippen MR) is 96.2 cm³/mol. The summed E-state index contributed by atoms with van der Waals surface area (Å²) in [6, 6.07) is 10.1. The van der Waals surface area contributed by atoms with E-state index in [-0.39, 0.29) is 4.90 Å². The van der Waals surface area contributed by atoms with Crippen molar-refractivity contribution in [3.8, 4) is 6.07 Å². The molecule has 2 heterocycles. The minimum atomic E-state index is -3.54. The van der Waals surface area contributed by atoms with Crippen molar-refractivity contribution in [2.45, 2.75) is 24.2 Å². The minimum absolute atomic E-state index is 0.224. The number of aromatic nitrogens is 2. The Morgan fingerprint density at radius 3 is 2.42 bits per heavy atom. The summed E-state index contributed by atoms with van der Waals surface area (Å²) in [6.07, 6.45) is 3.17. The molecule has 0 bridgehead atoms. The minimum Gasteiger partial charge on any atom is -0.352 e. The van der Waals surface area contributed by atoms with Crippen LogP contribution in [0.1, 0.15) is 23.2 Å². The van der Waals surface area contributed by atoms with E-state index in [0.717, 1.165) is 30.8 Å². The monoisotopic (exact) mass is 369 g/mol. The molecule has 134 valence electrons. The number of hydrogen-bond donors (Lipinski definition) is 0. The van der Waals surface area contributed by atoms with Crippen molar-refractivity contribution < 1.29 is 8.42 Å². The van der Waals surface area contributed by atoms with Crippen LogP contribution >= 0.6 is 0 Å². The molecular formula is C18H19N5O2S. The van der Waals surface area contributed by atoms with Gasteiger partial charge in [-0.2, -0.15) is 14.7 Å².